The molecule has 0 fully saturated rings. The van der Waals surface area contributed by atoms with Gasteiger partial charge in [-0.15, -0.1) is 0 Å². The Kier molecular flexibility index (Phi) is 4.62. The van der Waals surface area contributed by atoms with Crippen LogP contribution in [-0.2, 0) is 0 Å². The number of rotatable bonds is 5. The Bertz CT molecular complexity index is 334. The van der Waals surface area contributed by atoms with Crippen LogP contribution in [0.5, 0.6) is 11.5 Å². The van der Waals surface area contributed by atoms with Crippen LogP contribution in [0.2, 0.25) is 0 Å². The number of aliphatic hydroxyl groups excluding tert-OH is 1. The first-order valence-corrected chi connectivity index (χ1v) is 5.37. The molecule has 0 saturated carbocycles. The molecule has 0 amide bonds. The van der Waals surface area contributed by atoms with Gasteiger partial charge in [-0.2, -0.15) is 0 Å². The number of hydrogen-bond donors (Lipinski definition) is 1. The Morgan fingerprint density at radius 3 is 2.50 bits per heavy atom. The summed E-state index contributed by atoms with van der Waals surface area (Å²) in [4.78, 5) is 0. The first-order chi connectivity index (χ1) is 7.58. The van der Waals surface area contributed by atoms with Crippen molar-refractivity contribution < 1.29 is 14.6 Å². The molecule has 1 aromatic carbocycles. The molecule has 3 nitrogen and oxygen atoms in total. The summed E-state index contributed by atoms with van der Waals surface area (Å²) < 4.78 is 10.8. The van der Waals surface area contributed by atoms with Gasteiger partial charge >= 0.3 is 0 Å². The lowest BCUT2D eigenvalue weighted by atomic mass is 10.0. The molecule has 3 heteroatoms. The molecule has 1 atom stereocenters. The second-order valence-electron chi connectivity index (χ2n) is 3.96. The number of aliphatic hydroxyl groups is 1. The average Bonchev–Trinajstić information content (AvgIpc) is 2.27. The van der Waals surface area contributed by atoms with Gasteiger partial charge in [-0.1, -0.05) is 6.07 Å². The summed E-state index contributed by atoms with van der Waals surface area (Å²) in [6, 6.07) is 5.60. The SMILES string of the molecule is [CH2]C(CO)c1ccc(OC(C)C)c(OC)c1. The standard InChI is InChI=1S/C13H19O3/c1-9(2)16-12-6-5-11(10(3)8-14)7-13(12)15-4/h5-7,9-10,14H,3,8H2,1-2,4H3. The van der Waals surface area contributed by atoms with Crippen LogP contribution in [0.1, 0.15) is 25.3 Å². The Hall–Kier alpha value is -1.22. The van der Waals surface area contributed by atoms with Crippen LogP contribution in [-0.4, -0.2) is 24.9 Å². The van der Waals surface area contributed by atoms with Crippen molar-refractivity contribution in [2.24, 2.45) is 0 Å². The largest absolute Gasteiger partial charge is 0.493 e. The second-order valence-corrected chi connectivity index (χ2v) is 3.96. The van der Waals surface area contributed by atoms with Crippen molar-refractivity contribution in [3.63, 3.8) is 0 Å². The van der Waals surface area contributed by atoms with Gasteiger partial charge in [-0.25, -0.2) is 0 Å². The van der Waals surface area contributed by atoms with E-state index in [1.54, 1.807) is 7.11 Å². The fourth-order valence-electron chi connectivity index (χ4n) is 1.39. The Labute approximate surface area is 97.0 Å². The van der Waals surface area contributed by atoms with Gasteiger partial charge in [0.25, 0.3) is 0 Å². The maximum Gasteiger partial charge on any atom is 0.161 e. The third kappa shape index (κ3) is 3.14. The smallest absolute Gasteiger partial charge is 0.161 e. The van der Waals surface area contributed by atoms with Gasteiger partial charge in [-0.05, 0) is 38.5 Å². The monoisotopic (exact) mass is 223 g/mol. The minimum Gasteiger partial charge on any atom is -0.493 e. The molecule has 0 aliphatic heterocycles. The summed E-state index contributed by atoms with van der Waals surface area (Å²) in [5, 5.41) is 9.03. The van der Waals surface area contributed by atoms with Gasteiger partial charge in [0.05, 0.1) is 13.2 Å². The van der Waals surface area contributed by atoms with Crippen molar-refractivity contribution >= 4 is 0 Å². The zero-order valence-electron chi connectivity index (χ0n) is 10.1. The fourth-order valence-corrected chi connectivity index (χ4v) is 1.39. The predicted octanol–water partition coefficient (Wildman–Crippen LogP) is 2.39. The number of benzene rings is 1. The summed E-state index contributed by atoms with van der Waals surface area (Å²) in [5.41, 5.74) is 0.940. The van der Waals surface area contributed by atoms with E-state index in [0.29, 0.717) is 11.5 Å². The van der Waals surface area contributed by atoms with E-state index in [1.165, 1.54) is 0 Å². The van der Waals surface area contributed by atoms with Gasteiger partial charge in [-0.3, -0.25) is 0 Å². The number of hydrogen-bond acceptors (Lipinski definition) is 3. The zero-order chi connectivity index (χ0) is 12.1. The molecule has 0 aliphatic rings. The van der Waals surface area contributed by atoms with E-state index in [1.807, 2.05) is 32.0 Å². The lowest BCUT2D eigenvalue weighted by Gasteiger charge is -2.16. The summed E-state index contributed by atoms with van der Waals surface area (Å²) in [6.45, 7) is 7.79. The highest BCUT2D eigenvalue weighted by atomic mass is 16.5. The molecule has 0 saturated heterocycles. The van der Waals surface area contributed by atoms with E-state index < -0.39 is 0 Å². The fraction of sp³-hybridized carbons (Fsp3) is 0.462. The normalized spacial score (nSPS) is 12.6. The Morgan fingerprint density at radius 1 is 1.31 bits per heavy atom. The third-order valence-electron chi connectivity index (χ3n) is 2.24. The highest BCUT2D eigenvalue weighted by Gasteiger charge is 2.10. The highest BCUT2D eigenvalue weighted by Crippen LogP contribution is 2.31. The van der Waals surface area contributed by atoms with Crippen molar-refractivity contribution in [3.05, 3.63) is 30.7 Å². The average molecular weight is 223 g/mol. The topological polar surface area (TPSA) is 38.7 Å². The molecule has 0 aliphatic carbocycles. The molecule has 1 N–H and O–H groups in total. The predicted molar refractivity (Wildman–Crippen MR) is 63.9 cm³/mol. The van der Waals surface area contributed by atoms with Crippen LogP contribution in [0.25, 0.3) is 0 Å². The van der Waals surface area contributed by atoms with Crippen LogP contribution in [0.15, 0.2) is 18.2 Å². The first kappa shape index (κ1) is 12.8. The minimum atomic E-state index is -0.137. The van der Waals surface area contributed by atoms with Crippen LogP contribution in [0.4, 0.5) is 0 Å². The van der Waals surface area contributed by atoms with E-state index in [-0.39, 0.29) is 18.6 Å². The maximum absolute atomic E-state index is 9.03. The molecule has 1 aromatic rings. The highest BCUT2D eigenvalue weighted by molar-refractivity contribution is 5.44. The molecule has 16 heavy (non-hydrogen) atoms. The molecule has 0 heterocycles. The van der Waals surface area contributed by atoms with E-state index in [0.717, 1.165) is 5.56 Å². The summed E-state index contributed by atoms with van der Waals surface area (Å²) in [5.74, 6) is 1.25. The van der Waals surface area contributed by atoms with Crippen molar-refractivity contribution in [3.8, 4) is 11.5 Å². The van der Waals surface area contributed by atoms with E-state index in [2.05, 4.69) is 6.92 Å². The summed E-state index contributed by atoms with van der Waals surface area (Å²) >= 11 is 0. The second kappa shape index (κ2) is 5.75. The van der Waals surface area contributed by atoms with Crippen LogP contribution in [0.3, 0.4) is 0 Å². The van der Waals surface area contributed by atoms with E-state index >= 15 is 0 Å². The molecule has 1 rings (SSSR count). The molecule has 89 valence electrons. The number of methoxy groups -OCH3 is 1. The molecular weight excluding hydrogens is 204 g/mol. The number of ether oxygens (including phenoxy) is 2. The van der Waals surface area contributed by atoms with Gasteiger partial charge < -0.3 is 14.6 Å². The van der Waals surface area contributed by atoms with Gasteiger partial charge in [0.1, 0.15) is 0 Å². The van der Waals surface area contributed by atoms with Gasteiger partial charge in [0.15, 0.2) is 11.5 Å². The molecule has 1 unspecified atom stereocenters. The van der Waals surface area contributed by atoms with Crippen LogP contribution in [0, 0.1) is 6.92 Å². The maximum atomic E-state index is 9.03. The lowest BCUT2D eigenvalue weighted by Crippen LogP contribution is -2.07. The summed E-state index contributed by atoms with van der Waals surface area (Å²) in [7, 11) is 1.60. The van der Waals surface area contributed by atoms with Crippen molar-refractivity contribution in [2.45, 2.75) is 25.9 Å². The minimum absolute atomic E-state index is 0.0214. The van der Waals surface area contributed by atoms with Crippen LogP contribution >= 0.6 is 0 Å². The molecule has 1 radical (unpaired) electrons. The quantitative estimate of drug-likeness (QED) is 0.833. The van der Waals surface area contributed by atoms with Gasteiger partial charge in [0, 0.05) is 12.5 Å². The molecular formula is C13H19O3. The van der Waals surface area contributed by atoms with Crippen LogP contribution < -0.4 is 9.47 Å². The summed E-state index contributed by atoms with van der Waals surface area (Å²) in [6.07, 6.45) is 0.105. The van der Waals surface area contributed by atoms with Crippen molar-refractivity contribution in [1.29, 1.82) is 0 Å². The van der Waals surface area contributed by atoms with Crippen molar-refractivity contribution in [2.75, 3.05) is 13.7 Å². The lowest BCUT2D eigenvalue weighted by molar-refractivity contribution is 0.229. The Balaban J connectivity index is 2.97. The third-order valence-corrected chi connectivity index (χ3v) is 2.24. The van der Waals surface area contributed by atoms with E-state index in [4.69, 9.17) is 14.6 Å². The zero-order valence-corrected chi connectivity index (χ0v) is 10.1. The van der Waals surface area contributed by atoms with Gasteiger partial charge in [0.2, 0.25) is 0 Å². The van der Waals surface area contributed by atoms with Crippen molar-refractivity contribution in [1.82, 2.24) is 0 Å². The Morgan fingerprint density at radius 2 is 2.00 bits per heavy atom. The first-order valence-electron chi connectivity index (χ1n) is 5.37. The molecule has 0 aromatic heterocycles. The molecule has 0 spiro atoms. The van der Waals surface area contributed by atoms with E-state index in [9.17, 15) is 0 Å². The molecule has 0 bridgehead atoms.